The van der Waals surface area contributed by atoms with Crippen molar-refractivity contribution in [3.8, 4) is 11.6 Å². The van der Waals surface area contributed by atoms with Gasteiger partial charge in [-0.3, -0.25) is 0 Å². The van der Waals surface area contributed by atoms with E-state index in [1.54, 1.807) is 6.20 Å². The number of ether oxygens (including phenoxy) is 1. The zero-order valence-electron chi connectivity index (χ0n) is 10.6. The molecule has 3 nitrogen and oxygen atoms in total. The van der Waals surface area contributed by atoms with Crippen LogP contribution in [0.25, 0.3) is 10.8 Å². The van der Waals surface area contributed by atoms with Crippen molar-refractivity contribution in [2.45, 2.75) is 6.92 Å². The predicted molar refractivity (Wildman–Crippen MR) is 77.4 cm³/mol. The second kappa shape index (κ2) is 4.61. The number of hydrogen-bond donors (Lipinski definition) is 1. The first kappa shape index (κ1) is 11.5. The molecule has 2 aromatic carbocycles. The highest BCUT2D eigenvalue weighted by Gasteiger charge is 2.05. The van der Waals surface area contributed by atoms with Crippen LogP contribution in [0.1, 0.15) is 5.56 Å². The van der Waals surface area contributed by atoms with Gasteiger partial charge in [0, 0.05) is 11.5 Å². The Balaban J connectivity index is 2.03. The molecule has 0 unspecified atom stereocenters. The molecule has 0 aliphatic rings. The first-order valence-electron chi connectivity index (χ1n) is 6.12. The summed E-state index contributed by atoms with van der Waals surface area (Å²) in [5.74, 6) is 1.36. The van der Waals surface area contributed by atoms with E-state index in [1.165, 1.54) is 0 Å². The maximum Gasteiger partial charge on any atom is 0.219 e. The molecular weight excluding hydrogens is 236 g/mol. The Hall–Kier alpha value is -2.55. The Kier molecular flexibility index (Phi) is 2.80. The molecule has 0 radical (unpaired) electrons. The lowest BCUT2D eigenvalue weighted by atomic mass is 10.1. The van der Waals surface area contributed by atoms with Gasteiger partial charge in [-0.05, 0) is 23.9 Å². The van der Waals surface area contributed by atoms with E-state index in [4.69, 9.17) is 10.5 Å². The third-order valence-corrected chi connectivity index (χ3v) is 3.09. The molecule has 0 spiro atoms. The largest absolute Gasteiger partial charge is 0.438 e. The van der Waals surface area contributed by atoms with Gasteiger partial charge in [-0.1, -0.05) is 36.4 Å². The number of rotatable bonds is 2. The molecule has 0 saturated heterocycles. The van der Waals surface area contributed by atoms with Crippen LogP contribution in [0.3, 0.4) is 0 Å². The number of aromatic nitrogens is 1. The van der Waals surface area contributed by atoms with Crippen LogP contribution in [0.4, 0.5) is 5.69 Å². The zero-order valence-corrected chi connectivity index (χ0v) is 10.6. The summed E-state index contributed by atoms with van der Waals surface area (Å²) in [5.41, 5.74) is 7.39. The Morgan fingerprint density at radius 3 is 2.68 bits per heavy atom. The molecule has 0 fully saturated rings. The standard InChI is InChI=1S/C16H14N2O/c1-11-9-16(18-10-14(11)17)19-15-8-4-6-12-5-2-3-7-13(12)15/h2-10H,17H2,1H3. The van der Waals surface area contributed by atoms with Gasteiger partial charge in [-0.15, -0.1) is 0 Å². The van der Waals surface area contributed by atoms with Gasteiger partial charge < -0.3 is 10.5 Å². The topological polar surface area (TPSA) is 48.1 Å². The highest BCUT2D eigenvalue weighted by molar-refractivity contribution is 5.88. The molecule has 1 aromatic heterocycles. The van der Waals surface area contributed by atoms with Crippen LogP contribution in [0.2, 0.25) is 0 Å². The Bertz CT molecular complexity index is 732. The number of nitrogen functional groups attached to an aromatic ring is 1. The van der Waals surface area contributed by atoms with Crippen LogP contribution >= 0.6 is 0 Å². The molecular formula is C16H14N2O. The van der Waals surface area contributed by atoms with E-state index >= 15 is 0 Å². The third-order valence-electron chi connectivity index (χ3n) is 3.09. The number of nitrogens with two attached hydrogens (primary N) is 1. The quantitative estimate of drug-likeness (QED) is 0.750. The molecule has 94 valence electrons. The lowest BCUT2D eigenvalue weighted by Crippen LogP contribution is -1.94. The summed E-state index contributed by atoms with van der Waals surface area (Å²) >= 11 is 0. The zero-order chi connectivity index (χ0) is 13.2. The molecule has 0 aliphatic carbocycles. The van der Waals surface area contributed by atoms with Crippen molar-refractivity contribution in [1.29, 1.82) is 0 Å². The van der Waals surface area contributed by atoms with Crippen molar-refractivity contribution in [3.63, 3.8) is 0 Å². The van der Waals surface area contributed by atoms with Gasteiger partial charge in [0.15, 0.2) is 0 Å². The van der Waals surface area contributed by atoms with Crippen molar-refractivity contribution >= 4 is 16.5 Å². The number of fused-ring (bicyclic) bond motifs is 1. The highest BCUT2D eigenvalue weighted by Crippen LogP contribution is 2.29. The van der Waals surface area contributed by atoms with E-state index < -0.39 is 0 Å². The third kappa shape index (κ3) is 2.22. The molecule has 0 aliphatic heterocycles. The van der Waals surface area contributed by atoms with Crippen LogP contribution in [-0.2, 0) is 0 Å². The summed E-state index contributed by atoms with van der Waals surface area (Å²) < 4.78 is 5.86. The number of hydrogen-bond acceptors (Lipinski definition) is 3. The van der Waals surface area contributed by atoms with Gasteiger partial charge in [0.1, 0.15) is 5.75 Å². The number of benzene rings is 2. The lowest BCUT2D eigenvalue weighted by molar-refractivity contribution is 0.468. The van der Waals surface area contributed by atoms with E-state index in [0.717, 1.165) is 22.1 Å². The average Bonchev–Trinajstić information content (AvgIpc) is 2.43. The maximum absolute atomic E-state index is 5.86. The first-order valence-corrected chi connectivity index (χ1v) is 6.12. The molecule has 3 heteroatoms. The summed E-state index contributed by atoms with van der Waals surface area (Å²) in [4.78, 5) is 4.19. The minimum absolute atomic E-state index is 0.558. The molecule has 0 saturated carbocycles. The van der Waals surface area contributed by atoms with E-state index in [2.05, 4.69) is 17.1 Å². The molecule has 3 aromatic rings. The maximum atomic E-state index is 5.86. The molecule has 0 bridgehead atoms. The van der Waals surface area contributed by atoms with Gasteiger partial charge in [-0.2, -0.15) is 0 Å². The van der Waals surface area contributed by atoms with Gasteiger partial charge in [0.2, 0.25) is 5.88 Å². The van der Waals surface area contributed by atoms with Gasteiger partial charge in [0.25, 0.3) is 0 Å². The molecule has 0 amide bonds. The summed E-state index contributed by atoms with van der Waals surface area (Å²) in [5, 5.41) is 2.22. The van der Waals surface area contributed by atoms with Gasteiger partial charge in [-0.25, -0.2) is 4.98 Å². The van der Waals surface area contributed by atoms with Crippen LogP contribution in [0, 0.1) is 6.92 Å². The van der Waals surface area contributed by atoms with Crippen molar-refractivity contribution in [1.82, 2.24) is 4.98 Å². The monoisotopic (exact) mass is 250 g/mol. The van der Waals surface area contributed by atoms with Crippen molar-refractivity contribution in [2.75, 3.05) is 5.73 Å². The molecule has 1 heterocycles. The second-order valence-corrected chi connectivity index (χ2v) is 4.46. The van der Waals surface area contributed by atoms with Gasteiger partial charge in [0.05, 0.1) is 11.9 Å². The van der Waals surface area contributed by atoms with E-state index in [0.29, 0.717) is 11.6 Å². The Labute approximate surface area is 111 Å². The average molecular weight is 250 g/mol. The van der Waals surface area contributed by atoms with Crippen molar-refractivity contribution < 1.29 is 4.74 Å². The summed E-state index contributed by atoms with van der Waals surface area (Å²) in [6.45, 7) is 1.94. The number of anilines is 1. The summed E-state index contributed by atoms with van der Waals surface area (Å²) in [7, 11) is 0. The fourth-order valence-electron chi connectivity index (χ4n) is 1.99. The number of nitrogens with zero attached hydrogens (tertiary/aromatic N) is 1. The minimum atomic E-state index is 0.558. The normalized spacial score (nSPS) is 10.6. The van der Waals surface area contributed by atoms with E-state index in [1.807, 2.05) is 43.3 Å². The number of pyridine rings is 1. The van der Waals surface area contributed by atoms with E-state index in [-0.39, 0.29) is 0 Å². The van der Waals surface area contributed by atoms with Crippen molar-refractivity contribution in [2.24, 2.45) is 0 Å². The molecule has 3 rings (SSSR count). The van der Waals surface area contributed by atoms with Crippen LogP contribution in [0.5, 0.6) is 11.6 Å². The second-order valence-electron chi connectivity index (χ2n) is 4.46. The smallest absolute Gasteiger partial charge is 0.219 e. The Morgan fingerprint density at radius 2 is 1.84 bits per heavy atom. The molecule has 0 atom stereocenters. The summed E-state index contributed by atoms with van der Waals surface area (Å²) in [6.07, 6.45) is 1.62. The predicted octanol–water partition coefficient (Wildman–Crippen LogP) is 3.92. The molecule has 2 N–H and O–H groups in total. The van der Waals surface area contributed by atoms with Crippen LogP contribution in [-0.4, -0.2) is 4.98 Å². The SMILES string of the molecule is Cc1cc(Oc2cccc3ccccc23)ncc1N. The highest BCUT2D eigenvalue weighted by atomic mass is 16.5. The molecule has 19 heavy (non-hydrogen) atoms. The fraction of sp³-hybridized carbons (Fsp3) is 0.0625. The fourth-order valence-corrected chi connectivity index (χ4v) is 1.99. The van der Waals surface area contributed by atoms with Crippen molar-refractivity contribution in [3.05, 3.63) is 60.3 Å². The van der Waals surface area contributed by atoms with Crippen LogP contribution in [0.15, 0.2) is 54.7 Å². The van der Waals surface area contributed by atoms with Crippen LogP contribution < -0.4 is 10.5 Å². The minimum Gasteiger partial charge on any atom is -0.438 e. The lowest BCUT2D eigenvalue weighted by Gasteiger charge is -2.09. The first-order chi connectivity index (χ1) is 9.24. The van der Waals surface area contributed by atoms with E-state index in [9.17, 15) is 0 Å². The van der Waals surface area contributed by atoms with Gasteiger partial charge >= 0.3 is 0 Å². The Morgan fingerprint density at radius 1 is 1.05 bits per heavy atom. The summed E-state index contributed by atoms with van der Waals surface area (Å²) in [6, 6.07) is 15.9. The number of aryl methyl sites for hydroxylation is 1.